The minimum atomic E-state index is -2.48. The van der Waals surface area contributed by atoms with E-state index in [0.717, 1.165) is 38.1 Å². The van der Waals surface area contributed by atoms with Gasteiger partial charge < -0.3 is 13.3 Å². The van der Waals surface area contributed by atoms with Crippen LogP contribution in [0, 0.1) is 0 Å². The fourth-order valence-corrected chi connectivity index (χ4v) is 17.2. The molecule has 0 fully saturated rings. The number of carboxylic acids is 1. The Kier molecular flexibility index (Phi) is 13.7. The van der Waals surface area contributed by atoms with E-state index >= 15 is 0 Å². The lowest BCUT2D eigenvalue weighted by Gasteiger charge is -2.38. The van der Waals surface area contributed by atoms with Crippen molar-refractivity contribution in [1.29, 1.82) is 0 Å². The molecule has 180 valence electrons. The van der Waals surface area contributed by atoms with Crippen molar-refractivity contribution >= 4 is 39.7 Å². The van der Waals surface area contributed by atoms with Gasteiger partial charge in [-0.15, -0.1) is 0 Å². The lowest BCUT2D eigenvalue weighted by molar-refractivity contribution is -0.140. The van der Waals surface area contributed by atoms with Gasteiger partial charge in [0, 0.05) is 6.42 Å². The van der Waals surface area contributed by atoms with E-state index in [0.29, 0.717) is 6.42 Å². The molecule has 0 aromatic rings. The summed E-state index contributed by atoms with van der Waals surface area (Å²) in [4.78, 5) is 10.5. The molecule has 0 aliphatic carbocycles. The first kappa shape index (κ1) is 30.2. The first-order valence-corrected chi connectivity index (χ1v) is 23.7. The van der Waals surface area contributed by atoms with Crippen LogP contribution in [0.4, 0.5) is 0 Å². The SMILES string of the molecule is C[Si](C)(C)OO[Si](C)(CCCCCCCCCCC(=O)O)O[Si](C)(C)O[Si](C)(C)C. The second-order valence-corrected chi connectivity index (χ2v) is 26.8. The summed E-state index contributed by atoms with van der Waals surface area (Å²) in [5, 5.41) is 8.66. The molecular formula is C20H48O6Si4. The lowest BCUT2D eigenvalue weighted by atomic mass is 10.1. The normalized spacial score (nSPS) is 15.2. The fraction of sp³-hybridized carbons (Fsp3) is 0.950. The minimum absolute atomic E-state index is 0.295. The standard InChI is InChI=1S/C20H48O6Si4/c1-27(2,3)23-24-30(9,26-29(7,8)25-28(4,5)6)19-17-15-13-11-10-12-14-16-18-20(21)22/h10-19H2,1-9H3,(H,21,22). The fourth-order valence-electron chi connectivity index (χ4n) is 3.38. The zero-order valence-corrected chi connectivity index (χ0v) is 25.1. The Morgan fingerprint density at radius 1 is 0.633 bits per heavy atom. The van der Waals surface area contributed by atoms with Gasteiger partial charge in [0.15, 0.2) is 8.32 Å². The number of carbonyl (C=O) groups is 1. The van der Waals surface area contributed by atoms with Gasteiger partial charge in [-0.25, -0.2) is 0 Å². The average Bonchev–Trinajstić information content (AvgIpc) is 2.51. The van der Waals surface area contributed by atoms with Crippen molar-refractivity contribution in [2.24, 2.45) is 0 Å². The van der Waals surface area contributed by atoms with Crippen LogP contribution in [0.15, 0.2) is 0 Å². The van der Waals surface area contributed by atoms with Gasteiger partial charge in [0.2, 0.25) is 8.32 Å². The van der Waals surface area contributed by atoms with Gasteiger partial charge in [0.05, 0.1) is 0 Å². The van der Waals surface area contributed by atoms with E-state index < -0.39 is 39.7 Å². The van der Waals surface area contributed by atoms with Gasteiger partial charge >= 0.3 is 23.1 Å². The van der Waals surface area contributed by atoms with Crippen LogP contribution in [-0.4, -0.2) is 44.8 Å². The molecule has 6 nitrogen and oxygen atoms in total. The second kappa shape index (κ2) is 13.7. The van der Waals surface area contributed by atoms with Crippen LogP contribution in [0.2, 0.25) is 65.0 Å². The Bertz CT molecular complexity index is 491. The monoisotopic (exact) mass is 496 g/mol. The molecule has 0 rings (SSSR count). The predicted molar refractivity (Wildman–Crippen MR) is 134 cm³/mol. The minimum Gasteiger partial charge on any atom is -0.481 e. The summed E-state index contributed by atoms with van der Waals surface area (Å²) >= 11 is 0. The molecule has 1 unspecified atom stereocenters. The Morgan fingerprint density at radius 3 is 1.53 bits per heavy atom. The molecular weight excluding hydrogens is 449 g/mol. The van der Waals surface area contributed by atoms with E-state index in [1.165, 1.54) is 19.3 Å². The highest BCUT2D eigenvalue weighted by Gasteiger charge is 2.43. The number of hydrogen-bond donors (Lipinski definition) is 1. The number of aliphatic carboxylic acids is 1. The van der Waals surface area contributed by atoms with Crippen molar-refractivity contribution in [2.45, 2.75) is 123 Å². The maximum atomic E-state index is 10.5. The molecule has 0 heterocycles. The summed E-state index contributed by atoms with van der Waals surface area (Å²) in [5.41, 5.74) is 0. The Labute approximate surface area is 189 Å². The summed E-state index contributed by atoms with van der Waals surface area (Å²) < 4.78 is 24.9. The summed E-state index contributed by atoms with van der Waals surface area (Å²) in [5.74, 6) is -0.689. The van der Waals surface area contributed by atoms with Crippen LogP contribution >= 0.6 is 0 Å². The van der Waals surface area contributed by atoms with Gasteiger partial charge in [-0.2, -0.15) is 0 Å². The van der Waals surface area contributed by atoms with E-state index in [-0.39, 0.29) is 0 Å². The topological polar surface area (TPSA) is 74.2 Å². The quantitative estimate of drug-likeness (QED) is 0.0952. The van der Waals surface area contributed by atoms with Crippen molar-refractivity contribution in [3.05, 3.63) is 0 Å². The van der Waals surface area contributed by atoms with Crippen molar-refractivity contribution < 1.29 is 27.3 Å². The highest BCUT2D eigenvalue weighted by molar-refractivity contribution is 6.86. The zero-order valence-electron chi connectivity index (χ0n) is 21.1. The second-order valence-electron chi connectivity index (χ2n) is 10.9. The maximum Gasteiger partial charge on any atom is 0.362 e. The Balaban J connectivity index is 4.43. The average molecular weight is 497 g/mol. The lowest BCUT2D eigenvalue weighted by Crippen LogP contribution is -2.54. The largest absolute Gasteiger partial charge is 0.481 e. The molecule has 0 aliphatic rings. The first-order valence-electron chi connectivity index (χ1n) is 11.5. The predicted octanol–water partition coefficient (Wildman–Crippen LogP) is 7.01. The molecule has 10 heteroatoms. The number of carboxylic acid groups (broad SMARTS) is 1. The summed E-state index contributed by atoms with van der Waals surface area (Å²) in [6.07, 6.45) is 9.07. The third-order valence-corrected chi connectivity index (χ3v) is 14.8. The Hall–Kier alpha value is 0.178. The van der Waals surface area contributed by atoms with E-state index in [1.807, 2.05) is 0 Å². The van der Waals surface area contributed by atoms with Crippen LogP contribution in [0.5, 0.6) is 0 Å². The molecule has 0 aromatic carbocycles. The maximum absolute atomic E-state index is 10.5. The van der Waals surface area contributed by atoms with Gasteiger partial charge in [-0.3, -0.25) is 13.9 Å². The van der Waals surface area contributed by atoms with Gasteiger partial charge in [0.25, 0.3) is 0 Å². The summed E-state index contributed by atoms with van der Waals surface area (Å²) in [6.45, 7) is 19.3. The Morgan fingerprint density at radius 2 is 1.10 bits per heavy atom. The van der Waals surface area contributed by atoms with Crippen LogP contribution in [0.3, 0.4) is 0 Å². The third-order valence-electron chi connectivity index (χ3n) is 4.25. The molecule has 0 aliphatic heterocycles. The van der Waals surface area contributed by atoms with Crippen LogP contribution in [0.25, 0.3) is 0 Å². The number of unbranched alkanes of at least 4 members (excludes halogenated alkanes) is 7. The van der Waals surface area contributed by atoms with E-state index in [2.05, 4.69) is 58.9 Å². The van der Waals surface area contributed by atoms with Crippen molar-refractivity contribution in [1.82, 2.24) is 0 Å². The van der Waals surface area contributed by atoms with Crippen LogP contribution in [0.1, 0.15) is 57.8 Å². The molecule has 0 amide bonds. The van der Waals surface area contributed by atoms with Crippen LogP contribution in [-0.2, 0) is 22.2 Å². The first-order chi connectivity index (χ1) is 13.5. The molecule has 1 N–H and O–H groups in total. The number of hydrogen-bond acceptors (Lipinski definition) is 5. The van der Waals surface area contributed by atoms with Crippen molar-refractivity contribution in [2.75, 3.05) is 0 Å². The van der Waals surface area contributed by atoms with Gasteiger partial charge in [-0.1, -0.05) is 44.9 Å². The summed E-state index contributed by atoms with van der Waals surface area (Å²) in [6, 6.07) is 0.918. The molecule has 0 aromatic heterocycles. The molecule has 0 bridgehead atoms. The number of rotatable bonds is 18. The molecule has 0 saturated heterocycles. The van der Waals surface area contributed by atoms with E-state index in [4.69, 9.17) is 22.5 Å². The molecule has 0 spiro atoms. The van der Waals surface area contributed by atoms with Gasteiger partial charge in [-0.05, 0) is 71.4 Å². The van der Waals surface area contributed by atoms with Gasteiger partial charge in [0.1, 0.15) is 0 Å². The highest BCUT2D eigenvalue weighted by Crippen LogP contribution is 2.27. The molecule has 0 radical (unpaired) electrons. The van der Waals surface area contributed by atoms with Crippen LogP contribution < -0.4 is 0 Å². The van der Waals surface area contributed by atoms with Crippen molar-refractivity contribution in [3.8, 4) is 0 Å². The third kappa shape index (κ3) is 18.9. The summed E-state index contributed by atoms with van der Waals surface area (Å²) in [7, 11) is -8.23. The molecule has 1 atom stereocenters. The molecule has 30 heavy (non-hydrogen) atoms. The van der Waals surface area contributed by atoms with Crippen molar-refractivity contribution in [3.63, 3.8) is 0 Å². The molecule has 0 saturated carbocycles. The van der Waals surface area contributed by atoms with E-state index in [9.17, 15) is 4.79 Å². The zero-order chi connectivity index (χ0) is 23.5. The smallest absolute Gasteiger partial charge is 0.362 e. The van der Waals surface area contributed by atoms with E-state index in [1.54, 1.807) is 0 Å². The highest BCUT2D eigenvalue weighted by atomic mass is 28.5.